The number of rotatable bonds is 5. The maximum atomic E-state index is 13.1. The Kier molecular flexibility index (Phi) is 5.88. The standard InChI is InChI=1S/C20H18F3N3OS/c1-12(2)18-25-15-9-5-3-7-13(15)19(26-18)28-11-17(27)24-16-10-6-4-8-14(16)20(21,22)23/h3-10,12H,11H2,1-2H3,(H,24,27). The molecule has 28 heavy (non-hydrogen) atoms. The van der Waals surface area contributed by atoms with Gasteiger partial charge in [0.15, 0.2) is 0 Å². The first kappa shape index (κ1) is 20.1. The van der Waals surface area contributed by atoms with Gasteiger partial charge in [0.1, 0.15) is 10.9 Å². The lowest BCUT2D eigenvalue weighted by atomic mass is 10.1. The lowest BCUT2D eigenvalue weighted by Crippen LogP contribution is -2.18. The van der Waals surface area contributed by atoms with Crippen molar-refractivity contribution in [3.05, 3.63) is 59.9 Å². The Morgan fingerprint density at radius 2 is 1.75 bits per heavy atom. The summed E-state index contributed by atoms with van der Waals surface area (Å²) in [5.41, 5.74) is -0.356. The van der Waals surface area contributed by atoms with E-state index in [-0.39, 0.29) is 17.4 Å². The van der Waals surface area contributed by atoms with E-state index in [0.29, 0.717) is 10.9 Å². The summed E-state index contributed by atoms with van der Waals surface area (Å²) in [7, 11) is 0. The molecule has 0 fully saturated rings. The van der Waals surface area contributed by atoms with E-state index in [2.05, 4.69) is 15.3 Å². The van der Waals surface area contributed by atoms with Gasteiger partial charge in [0.2, 0.25) is 5.91 Å². The smallest absolute Gasteiger partial charge is 0.325 e. The molecule has 0 aliphatic heterocycles. The van der Waals surface area contributed by atoms with Gasteiger partial charge in [-0.1, -0.05) is 55.9 Å². The molecule has 0 unspecified atom stereocenters. The Morgan fingerprint density at radius 3 is 2.46 bits per heavy atom. The van der Waals surface area contributed by atoms with Crippen molar-refractivity contribution >= 4 is 34.3 Å². The fourth-order valence-electron chi connectivity index (χ4n) is 2.59. The number of hydrogen-bond acceptors (Lipinski definition) is 4. The third-order valence-corrected chi connectivity index (χ3v) is 4.94. The Hall–Kier alpha value is -2.61. The Balaban J connectivity index is 1.79. The second-order valence-electron chi connectivity index (χ2n) is 6.44. The van der Waals surface area contributed by atoms with Crippen molar-refractivity contribution in [2.45, 2.75) is 31.0 Å². The minimum atomic E-state index is -4.54. The van der Waals surface area contributed by atoms with Gasteiger partial charge in [-0.15, -0.1) is 0 Å². The molecule has 1 amide bonds. The average Bonchev–Trinajstić information content (AvgIpc) is 2.65. The van der Waals surface area contributed by atoms with Crippen LogP contribution in [-0.2, 0) is 11.0 Å². The van der Waals surface area contributed by atoms with Crippen LogP contribution in [0.25, 0.3) is 10.9 Å². The molecule has 0 saturated carbocycles. The van der Waals surface area contributed by atoms with Crippen molar-refractivity contribution in [2.75, 3.05) is 11.1 Å². The second kappa shape index (κ2) is 8.18. The molecule has 0 bridgehead atoms. The highest BCUT2D eigenvalue weighted by Gasteiger charge is 2.33. The molecule has 0 radical (unpaired) electrons. The number of benzene rings is 2. The fraction of sp³-hybridized carbons (Fsp3) is 0.250. The molecule has 146 valence electrons. The van der Waals surface area contributed by atoms with Gasteiger partial charge in [-0.3, -0.25) is 4.79 Å². The van der Waals surface area contributed by atoms with Gasteiger partial charge in [0, 0.05) is 11.3 Å². The van der Waals surface area contributed by atoms with Gasteiger partial charge < -0.3 is 5.32 Å². The third-order valence-electron chi connectivity index (χ3n) is 3.95. The van der Waals surface area contributed by atoms with Crippen LogP contribution in [0.2, 0.25) is 0 Å². The zero-order chi connectivity index (χ0) is 20.3. The van der Waals surface area contributed by atoms with Crippen LogP contribution >= 0.6 is 11.8 Å². The quantitative estimate of drug-likeness (QED) is 0.450. The Labute approximate surface area is 164 Å². The lowest BCUT2D eigenvalue weighted by Gasteiger charge is -2.14. The molecule has 0 aliphatic rings. The van der Waals surface area contributed by atoms with Gasteiger partial charge in [0.05, 0.1) is 22.5 Å². The number of thioether (sulfide) groups is 1. The van der Waals surface area contributed by atoms with Gasteiger partial charge in [-0.2, -0.15) is 13.2 Å². The summed E-state index contributed by atoms with van der Waals surface area (Å²) in [6, 6.07) is 12.4. The molecule has 0 atom stereocenters. The molecule has 3 aromatic rings. The Bertz CT molecular complexity index is 1010. The number of anilines is 1. The van der Waals surface area contributed by atoms with E-state index in [0.717, 1.165) is 17.0 Å². The maximum absolute atomic E-state index is 13.1. The summed E-state index contributed by atoms with van der Waals surface area (Å²) in [5, 5.41) is 3.79. The summed E-state index contributed by atoms with van der Waals surface area (Å²) in [5.74, 6) is 0.168. The van der Waals surface area contributed by atoms with Crippen molar-refractivity contribution in [2.24, 2.45) is 0 Å². The van der Waals surface area contributed by atoms with E-state index < -0.39 is 17.6 Å². The van der Waals surface area contributed by atoms with E-state index in [4.69, 9.17) is 0 Å². The van der Waals surface area contributed by atoms with E-state index >= 15 is 0 Å². The first-order valence-corrected chi connectivity index (χ1v) is 9.60. The van der Waals surface area contributed by atoms with E-state index in [1.807, 2.05) is 38.1 Å². The zero-order valence-electron chi connectivity index (χ0n) is 15.2. The van der Waals surface area contributed by atoms with Crippen LogP contribution < -0.4 is 5.32 Å². The minimum Gasteiger partial charge on any atom is -0.325 e. The summed E-state index contributed by atoms with van der Waals surface area (Å²) < 4.78 is 39.2. The fourth-order valence-corrected chi connectivity index (χ4v) is 3.42. The third kappa shape index (κ3) is 4.62. The minimum absolute atomic E-state index is 0.0647. The molecular weight excluding hydrogens is 387 g/mol. The SMILES string of the molecule is CC(C)c1nc(SCC(=O)Nc2ccccc2C(F)(F)F)c2ccccc2n1. The summed E-state index contributed by atoms with van der Waals surface area (Å²) in [6.07, 6.45) is -4.54. The predicted octanol–water partition coefficient (Wildman–Crippen LogP) is 5.50. The first-order chi connectivity index (χ1) is 13.3. The number of amides is 1. The highest BCUT2D eigenvalue weighted by atomic mass is 32.2. The highest BCUT2D eigenvalue weighted by molar-refractivity contribution is 8.00. The van der Waals surface area contributed by atoms with Crippen molar-refractivity contribution in [1.29, 1.82) is 0 Å². The molecule has 0 saturated heterocycles. The Morgan fingerprint density at radius 1 is 1.07 bits per heavy atom. The number of para-hydroxylation sites is 2. The summed E-state index contributed by atoms with van der Waals surface area (Å²) >= 11 is 1.18. The maximum Gasteiger partial charge on any atom is 0.418 e. The summed E-state index contributed by atoms with van der Waals surface area (Å²) in [4.78, 5) is 21.3. The van der Waals surface area contributed by atoms with Crippen molar-refractivity contribution < 1.29 is 18.0 Å². The zero-order valence-corrected chi connectivity index (χ0v) is 16.1. The molecule has 1 N–H and O–H groups in total. The van der Waals surface area contributed by atoms with Gasteiger partial charge in [0.25, 0.3) is 0 Å². The number of hydrogen-bond donors (Lipinski definition) is 1. The molecule has 8 heteroatoms. The number of halogens is 3. The molecule has 3 rings (SSSR count). The van der Waals surface area contributed by atoms with Gasteiger partial charge in [-0.25, -0.2) is 9.97 Å². The molecular formula is C20H18F3N3OS. The average molecular weight is 405 g/mol. The number of carbonyl (C=O) groups excluding carboxylic acids is 1. The topological polar surface area (TPSA) is 54.9 Å². The van der Waals surface area contributed by atoms with Gasteiger partial charge in [-0.05, 0) is 18.2 Å². The van der Waals surface area contributed by atoms with Crippen LogP contribution in [0.4, 0.5) is 18.9 Å². The lowest BCUT2D eigenvalue weighted by molar-refractivity contribution is -0.137. The highest BCUT2D eigenvalue weighted by Crippen LogP contribution is 2.35. The van der Waals surface area contributed by atoms with E-state index in [9.17, 15) is 18.0 Å². The molecule has 0 spiro atoms. The molecule has 1 heterocycles. The van der Waals surface area contributed by atoms with Crippen LogP contribution in [0.3, 0.4) is 0 Å². The van der Waals surface area contributed by atoms with Crippen LogP contribution in [0.15, 0.2) is 53.6 Å². The van der Waals surface area contributed by atoms with Crippen molar-refractivity contribution in [1.82, 2.24) is 9.97 Å². The van der Waals surface area contributed by atoms with Crippen LogP contribution in [0.1, 0.15) is 31.2 Å². The largest absolute Gasteiger partial charge is 0.418 e. The molecule has 4 nitrogen and oxygen atoms in total. The predicted molar refractivity (Wildman–Crippen MR) is 104 cm³/mol. The van der Waals surface area contributed by atoms with Crippen LogP contribution in [0.5, 0.6) is 0 Å². The number of nitrogens with one attached hydrogen (secondary N) is 1. The van der Waals surface area contributed by atoms with Crippen molar-refractivity contribution in [3.63, 3.8) is 0 Å². The normalized spacial score (nSPS) is 11.8. The summed E-state index contributed by atoms with van der Waals surface area (Å²) in [6.45, 7) is 3.94. The second-order valence-corrected chi connectivity index (χ2v) is 7.40. The molecule has 2 aromatic carbocycles. The van der Waals surface area contributed by atoms with E-state index in [1.54, 1.807) is 0 Å². The monoisotopic (exact) mass is 405 g/mol. The molecule has 1 aromatic heterocycles. The van der Waals surface area contributed by atoms with Crippen molar-refractivity contribution in [3.8, 4) is 0 Å². The number of alkyl halides is 3. The van der Waals surface area contributed by atoms with Crippen LogP contribution in [0, 0.1) is 0 Å². The van der Waals surface area contributed by atoms with Gasteiger partial charge >= 0.3 is 6.18 Å². The number of carbonyl (C=O) groups is 1. The van der Waals surface area contributed by atoms with Crippen LogP contribution in [-0.4, -0.2) is 21.6 Å². The number of nitrogens with zero attached hydrogens (tertiary/aromatic N) is 2. The number of fused-ring (bicyclic) bond motifs is 1. The first-order valence-electron chi connectivity index (χ1n) is 8.61. The molecule has 0 aliphatic carbocycles. The van der Waals surface area contributed by atoms with E-state index in [1.165, 1.54) is 30.0 Å². The number of aromatic nitrogens is 2.